The van der Waals surface area contributed by atoms with Gasteiger partial charge in [-0.1, -0.05) is 41.9 Å². The largest absolute Gasteiger partial charge is 0.475 e. The van der Waals surface area contributed by atoms with Crippen LogP contribution >= 0.6 is 11.6 Å². The Morgan fingerprint density at radius 1 is 1.17 bits per heavy atom. The zero-order valence-corrected chi connectivity index (χ0v) is 13.6. The van der Waals surface area contributed by atoms with Crippen molar-refractivity contribution in [1.29, 1.82) is 0 Å². The van der Waals surface area contributed by atoms with E-state index >= 15 is 0 Å². The molecule has 2 heterocycles. The normalized spacial score (nSPS) is 15.9. The Morgan fingerprint density at radius 3 is 2.83 bits per heavy atom. The second-order valence-corrected chi connectivity index (χ2v) is 6.26. The van der Waals surface area contributed by atoms with Gasteiger partial charge in [-0.15, -0.1) is 0 Å². The first-order valence-corrected chi connectivity index (χ1v) is 8.10. The number of nitrogens with zero attached hydrogens (tertiary/aromatic N) is 2. The van der Waals surface area contributed by atoms with Crippen LogP contribution in [0.5, 0.6) is 5.75 Å². The zero-order chi connectivity index (χ0) is 15.8. The maximum absolute atomic E-state index is 6.42. The Kier molecular flexibility index (Phi) is 3.68. The van der Waals surface area contributed by atoms with E-state index in [9.17, 15) is 0 Å². The van der Waals surface area contributed by atoms with Crippen LogP contribution in [0.15, 0.2) is 54.7 Å². The van der Waals surface area contributed by atoms with Gasteiger partial charge in [-0.25, -0.2) is 0 Å². The number of rotatable bonds is 2. The minimum Gasteiger partial charge on any atom is -0.475 e. The summed E-state index contributed by atoms with van der Waals surface area (Å²) in [6.07, 6.45) is 1.78. The number of aromatic nitrogens is 1. The third-order valence-electron chi connectivity index (χ3n) is 4.45. The molecule has 0 saturated carbocycles. The molecule has 1 atom stereocenters. The number of halogens is 1. The summed E-state index contributed by atoms with van der Waals surface area (Å²) >= 11 is 6.42. The maximum Gasteiger partial charge on any atom is 0.152 e. The number of hydrogen-bond donors (Lipinski definition) is 0. The summed E-state index contributed by atoms with van der Waals surface area (Å²) in [6.45, 7) is 3.55. The van der Waals surface area contributed by atoms with Crippen LogP contribution in [0, 0.1) is 0 Å². The molecule has 0 spiro atoms. The van der Waals surface area contributed by atoms with Crippen LogP contribution in [-0.4, -0.2) is 16.6 Å². The van der Waals surface area contributed by atoms with Gasteiger partial charge in [-0.05, 0) is 30.7 Å². The molecule has 1 aromatic heterocycles. The molecule has 1 aliphatic heterocycles. The summed E-state index contributed by atoms with van der Waals surface area (Å²) in [5.74, 6) is 0.863. The second-order valence-electron chi connectivity index (χ2n) is 5.85. The molecule has 0 radical (unpaired) electrons. The van der Waals surface area contributed by atoms with E-state index in [0.29, 0.717) is 6.73 Å². The molecule has 0 bridgehead atoms. The standard InChI is InChI=1S/C19H17ClN2O/c1-13(14-6-3-2-4-7-14)22-11-15-10-17(20)16-8-5-9-21-18(16)19(15)23-12-22/h2-10,13H,11-12H2,1H3/t13-/m1/s1. The van der Waals surface area contributed by atoms with Crippen LogP contribution in [0.1, 0.15) is 24.1 Å². The summed E-state index contributed by atoms with van der Waals surface area (Å²) < 4.78 is 6.05. The molecular weight excluding hydrogens is 308 g/mol. The summed E-state index contributed by atoms with van der Waals surface area (Å²) in [4.78, 5) is 6.75. The number of benzene rings is 2. The zero-order valence-electron chi connectivity index (χ0n) is 12.9. The van der Waals surface area contributed by atoms with E-state index < -0.39 is 0 Å². The van der Waals surface area contributed by atoms with Crippen molar-refractivity contribution in [3.05, 3.63) is 70.9 Å². The molecular formula is C19H17ClN2O. The number of pyridine rings is 1. The van der Waals surface area contributed by atoms with Crippen LogP contribution in [0.2, 0.25) is 5.02 Å². The maximum atomic E-state index is 6.42. The van der Waals surface area contributed by atoms with E-state index in [2.05, 4.69) is 41.1 Å². The third-order valence-corrected chi connectivity index (χ3v) is 4.76. The molecule has 0 aliphatic carbocycles. The van der Waals surface area contributed by atoms with E-state index in [1.165, 1.54) is 5.56 Å². The Balaban J connectivity index is 1.70. The molecule has 2 aromatic carbocycles. The molecule has 4 heteroatoms. The van der Waals surface area contributed by atoms with E-state index in [4.69, 9.17) is 16.3 Å². The summed E-state index contributed by atoms with van der Waals surface area (Å²) in [5, 5.41) is 1.67. The van der Waals surface area contributed by atoms with Gasteiger partial charge in [-0.2, -0.15) is 0 Å². The Bertz CT molecular complexity index is 851. The molecule has 1 aliphatic rings. The van der Waals surface area contributed by atoms with Gasteiger partial charge in [0.1, 0.15) is 12.2 Å². The van der Waals surface area contributed by atoms with Crippen molar-refractivity contribution in [3.8, 4) is 5.75 Å². The quantitative estimate of drug-likeness (QED) is 0.677. The second kappa shape index (κ2) is 5.84. The third kappa shape index (κ3) is 2.56. The van der Waals surface area contributed by atoms with Gasteiger partial charge in [0.2, 0.25) is 0 Å². The lowest BCUT2D eigenvalue weighted by atomic mass is 10.0. The van der Waals surface area contributed by atoms with Crippen molar-refractivity contribution in [2.45, 2.75) is 19.5 Å². The first kappa shape index (κ1) is 14.5. The van der Waals surface area contributed by atoms with Gasteiger partial charge < -0.3 is 4.74 Å². The average Bonchev–Trinajstić information content (AvgIpc) is 2.61. The molecule has 0 saturated heterocycles. The van der Waals surface area contributed by atoms with Crippen molar-refractivity contribution >= 4 is 22.5 Å². The SMILES string of the molecule is C[C@H](c1ccccc1)N1COc2c(cc(Cl)c3cccnc23)C1. The van der Waals surface area contributed by atoms with Crippen LogP contribution in [0.25, 0.3) is 10.9 Å². The van der Waals surface area contributed by atoms with Crippen LogP contribution in [0.4, 0.5) is 0 Å². The highest BCUT2D eigenvalue weighted by atomic mass is 35.5. The summed E-state index contributed by atoms with van der Waals surface area (Å²) in [6, 6.07) is 16.6. The molecule has 0 N–H and O–H groups in total. The molecule has 116 valence electrons. The predicted octanol–water partition coefficient (Wildman–Crippen LogP) is 4.80. The first-order valence-electron chi connectivity index (χ1n) is 7.72. The van der Waals surface area contributed by atoms with E-state index in [1.54, 1.807) is 6.20 Å². The van der Waals surface area contributed by atoms with Crippen molar-refractivity contribution in [2.24, 2.45) is 0 Å². The van der Waals surface area contributed by atoms with Gasteiger partial charge in [0.15, 0.2) is 5.75 Å². The molecule has 0 unspecified atom stereocenters. The predicted molar refractivity (Wildman–Crippen MR) is 92.6 cm³/mol. The van der Waals surface area contributed by atoms with Crippen molar-refractivity contribution in [2.75, 3.05) is 6.73 Å². The van der Waals surface area contributed by atoms with Crippen LogP contribution < -0.4 is 4.74 Å². The fourth-order valence-electron chi connectivity index (χ4n) is 3.11. The topological polar surface area (TPSA) is 25.4 Å². The highest BCUT2D eigenvalue weighted by Gasteiger charge is 2.25. The monoisotopic (exact) mass is 324 g/mol. The molecule has 3 nitrogen and oxygen atoms in total. The van der Waals surface area contributed by atoms with Crippen LogP contribution in [-0.2, 0) is 6.54 Å². The molecule has 0 fully saturated rings. The smallest absolute Gasteiger partial charge is 0.152 e. The Morgan fingerprint density at radius 2 is 2.00 bits per heavy atom. The summed E-state index contributed by atoms with van der Waals surface area (Å²) in [5.41, 5.74) is 3.22. The van der Waals surface area contributed by atoms with Crippen molar-refractivity contribution in [3.63, 3.8) is 0 Å². The summed E-state index contributed by atoms with van der Waals surface area (Å²) in [7, 11) is 0. The Hall–Kier alpha value is -2.10. The van der Waals surface area contributed by atoms with Gasteiger partial charge in [0.05, 0.1) is 5.02 Å². The molecule has 0 amide bonds. The van der Waals surface area contributed by atoms with E-state index in [1.807, 2.05) is 24.3 Å². The van der Waals surface area contributed by atoms with Gasteiger partial charge in [0.25, 0.3) is 0 Å². The first-order chi connectivity index (χ1) is 11.2. The molecule has 23 heavy (non-hydrogen) atoms. The highest BCUT2D eigenvalue weighted by molar-refractivity contribution is 6.35. The van der Waals surface area contributed by atoms with E-state index in [-0.39, 0.29) is 6.04 Å². The lowest BCUT2D eigenvalue weighted by molar-refractivity contribution is 0.0630. The van der Waals surface area contributed by atoms with Crippen LogP contribution in [0.3, 0.4) is 0 Å². The number of ether oxygens (including phenoxy) is 1. The minimum atomic E-state index is 0.280. The lowest BCUT2D eigenvalue weighted by Crippen LogP contribution is -2.34. The van der Waals surface area contributed by atoms with E-state index in [0.717, 1.165) is 33.8 Å². The fraction of sp³-hybridized carbons (Fsp3) is 0.211. The lowest BCUT2D eigenvalue weighted by Gasteiger charge is -2.34. The Labute approximate surface area is 140 Å². The fourth-order valence-corrected chi connectivity index (χ4v) is 3.39. The van der Waals surface area contributed by atoms with Gasteiger partial charge >= 0.3 is 0 Å². The highest BCUT2D eigenvalue weighted by Crippen LogP contribution is 2.38. The van der Waals surface area contributed by atoms with Gasteiger partial charge in [-0.3, -0.25) is 9.88 Å². The minimum absolute atomic E-state index is 0.280. The molecule has 4 rings (SSSR count). The number of hydrogen-bond acceptors (Lipinski definition) is 3. The molecule has 3 aromatic rings. The van der Waals surface area contributed by atoms with Crippen molar-refractivity contribution < 1.29 is 4.74 Å². The van der Waals surface area contributed by atoms with Crippen molar-refractivity contribution in [1.82, 2.24) is 9.88 Å². The van der Waals surface area contributed by atoms with Gasteiger partial charge in [0, 0.05) is 29.7 Å². The number of fused-ring (bicyclic) bond motifs is 3. The average molecular weight is 325 g/mol.